The molecule has 0 bridgehead atoms. The lowest BCUT2D eigenvalue weighted by atomic mass is 9.85. The molecule has 0 aromatic carbocycles. The fourth-order valence-corrected chi connectivity index (χ4v) is 2.17. The highest BCUT2D eigenvalue weighted by molar-refractivity contribution is 5.82. The molecule has 0 saturated carbocycles. The van der Waals surface area contributed by atoms with Crippen LogP contribution in [-0.2, 0) is 4.79 Å². The Bertz CT molecular complexity index is 328. The van der Waals surface area contributed by atoms with Crippen molar-refractivity contribution in [2.75, 3.05) is 20.1 Å². The monoisotopic (exact) mass is 256 g/mol. The number of carboxylic acid groups (broad SMARTS) is 1. The van der Waals surface area contributed by atoms with Crippen LogP contribution >= 0.6 is 0 Å². The predicted molar refractivity (Wildman–Crippen MR) is 69.5 cm³/mol. The molecule has 1 rings (SSSR count). The highest BCUT2D eigenvalue weighted by Gasteiger charge is 2.29. The van der Waals surface area contributed by atoms with Crippen LogP contribution < -0.4 is 0 Å². The first-order chi connectivity index (χ1) is 8.24. The van der Waals surface area contributed by atoms with Crippen molar-refractivity contribution < 1.29 is 14.7 Å². The molecule has 1 N–H and O–H groups in total. The second-order valence-corrected chi connectivity index (χ2v) is 5.91. The third-order valence-electron chi connectivity index (χ3n) is 3.85. The third kappa shape index (κ3) is 3.62. The van der Waals surface area contributed by atoms with E-state index >= 15 is 0 Å². The molecule has 1 fully saturated rings. The number of carbonyl (C=O) groups excluding carboxylic acids is 1. The lowest BCUT2D eigenvalue weighted by Crippen LogP contribution is -2.48. The maximum absolute atomic E-state index is 12.2. The van der Waals surface area contributed by atoms with Crippen molar-refractivity contribution in [1.82, 2.24) is 9.80 Å². The molecule has 1 saturated heterocycles. The first kappa shape index (κ1) is 14.8. The molecule has 2 amide bonds. The average Bonchev–Trinajstić information content (AvgIpc) is 2.47. The van der Waals surface area contributed by atoms with Gasteiger partial charge in [-0.25, -0.2) is 9.59 Å². The van der Waals surface area contributed by atoms with Gasteiger partial charge in [0, 0.05) is 20.1 Å². The number of hydrogen-bond donors (Lipinski definition) is 1. The number of likely N-dealkylation sites (tertiary alicyclic amines) is 1. The van der Waals surface area contributed by atoms with Crippen molar-refractivity contribution in [2.24, 2.45) is 5.41 Å². The Hall–Kier alpha value is -1.26. The maximum atomic E-state index is 12.2. The Morgan fingerprint density at radius 3 is 2.44 bits per heavy atom. The molecule has 104 valence electrons. The van der Waals surface area contributed by atoms with E-state index in [2.05, 4.69) is 13.8 Å². The third-order valence-corrected chi connectivity index (χ3v) is 3.85. The van der Waals surface area contributed by atoms with Gasteiger partial charge in [0.05, 0.1) is 0 Å². The molecule has 0 aromatic heterocycles. The summed E-state index contributed by atoms with van der Waals surface area (Å²) in [6.07, 6.45) is 3.05. The van der Waals surface area contributed by atoms with E-state index in [1.165, 1.54) is 11.8 Å². The predicted octanol–water partition coefficient (Wildman–Crippen LogP) is 2.02. The van der Waals surface area contributed by atoms with Crippen LogP contribution in [0.1, 0.15) is 40.0 Å². The molecule has 1 aliphatic heterocycles. The van der Waals surface area contributed by atoms with Crippen LogP contribution in [0.5, 0.6) is 0 Å². The average molecular weight is 256 g/mol. The zero-order valence-electron chi connectivity index (χ0n) is 11.8. The number of nitrogens with zero attached hydrogens (tertiary/aromatic N) is 2. The SMILES string of the molecule is CC(C(=O)O)N(C)C(=O)N1CCCC(C)(C)CC1. The molecular formula is C13H24N2O3. The molecule has 0 aromatic rings. The van der Waals surface area contributed by atoms with Gasteiger partial charge in [-0.2, -0.15) is 0 Å². The fourth-order valence-electron chi connectivity index (χ4n) is 2.17. The van der Waals surface area contributed by atoms with Crippen molar-refractivity contribution in [2.45, 2.75) is 46.1 Å². The van der Waals surface area contributed by atoms with Crippen molar-refractivity contribution >= 4 is 12.0 Å². The minimum atomic E-state index is -0.971. The summed E-state index contributed by atoms with van der Waals surface area (Å²) in [4.78, 5) is 26.2. The summed E-state index contributed by atoms with van der Waals surface area (Å²) in [7, 11) is 1.55. The minimum Gasteiger partial charge on any atom is -0.480 e. The number of urea groups is 1. The minimum absolute atomic E-state index is 0.178. The zero-order chi connectivity index (χ0) is 13.9. The Kier molecular flexibility index (Phi) is 4.59. The van der Waals surface area contributed by atoms with Gasteiger partial charge < -0.3 is 14.9 Å². The number of hydrogen-bond acceptors (Lipinski definition) is 2. The summed E-state index contributed by atoms with van der Waals surface area (Å²) < 4.78 is 0. The van der Waals surface area contributed by atoms with E-state index in [9.17, 15) is 9.59 Å². The van der Waals surface area contributed by atoms with Gasteiger partial charge in [-0.15, -0.1) is 0 Å². The van der Waals surface area contributed by atoms with E-state index in [1.807, 2.05) is 0 Å². The van der Waals surface area contributed by atoms with Crippen molar-refractivity contribution in [3.8, 4) is 0 Å². The van der Waals surface area contributed by atoms with Gasteiger partial charge in [0.25, 0.3) is 0 Å². The molecule has 5 heteroatoms. The molecule has 0 radical (unpaired) electrons. The van der Waals surface area contributed by atoms with E-state index in [1.54, 1.807) is 11.9 Å². The second-order valence-electron chi connectivity index (χ2n) is 5.91. The number of likely N-dealkylation sites (N-methyl/N-ethyl adjacent to an activating group) is 1. The standard InChI is InChI=1S/C13H24N2O3/c1-10(11(16)17)14(4)12(18)15-8-5-6-13(2,3)7-9-15/h10H,5-9H2,1-4H3,(H,16,17). The van der Waals surface area contributed by atoms with Crippen LogP contribution in [0.2, 0.25) is 0 Å². The summed E-state index contributed by atoms with van der Waals surface area (Å²) in [5.41, 5.74) is 0.270. The topological polar surface area (TPSA) is 60.9 Å². The van der Waals surface area contributed by atoms with Crippen LogP contribution in [-0.4, -0.2) is 53.1 Å². The fraction of sp³-hybridized carbons (Fsp3) is 0.846. The van der Waals surface area contributed by atoms with Gasteiger partial charge in [0.15, 0.2) is 0 Å². The smallest absolute Gasteiger partial charge is 0.326 e. The van der Waals surface area contributed by atoms with Gasteiger partial charge in [0.2, 0.25) is 0 Å². The highest BCUT2D eigenvalue weighted by atomic mass is 16.4. The summed E-state index contributed by atoms with van der Waals surface area (Å²) in [6, 6.07) is -0.962. The van der Waals surface area contributed by atoms with Gasteiger partial charge in [-0.1, -0.05) is 13.8 Å². The quantitative estimate of drug-likeness (QED) is 0.822. The largest absolute Gasteiger partial charge is 0.480 e. The first-order valence-electron chi connectivity index (χ1n) is 6.49. The van der Waals surface area contributed by atoms with E-state index in [4.69, 9.17) is 5.11 Å². The molecule has 1 heterocycles. The summed E-state index contributed by atoms with van der Waals surface area (Å²) in [5, 5.41) is 8.93. The van der Waals surface area contributed by atoms with Crippen LogP contribution in [0.4, 0.5) is 4.79 Å². The van der Waals surface area contributed by atoms with Gasteiger partial charge in [-0.3, -0.25) is 0 Å². The number of aliphatic carboxylic acids is 1. The number of rotatable bonds is 2. The van der Waals surface area contributed by atoms with Crippen molar-refractivity contribution in [3.63, 3.8) is 0 Å². The van der Waals surface area contributed by atoms with Crippen LogP contribution in [0.25, 0.3) is 0 Å². The lowest BCUT2D eigenvalue weighted by molar-refractivity contribution is -0.141. The van der Waals surface area contributed by atoms with Crippen molar-refractivity contribution in [1.29, 1.82) is 0 Å². The van der Waals surface area contributed by atoms with E-state index < -0.39 is 12.0 Å². The molecule has 1 aliphatic rings. The normalized spacial score (nSPS) is 21.0. The van der Waals surface area contributed by atoms with Crippen LogP contribution in [0.3, 0.4) is 0 Å². The maximum Gasteiger partial charge on any atom is 0.326 e. The molecule has 1 atom stereocenters. The van der Waals surface area contributed by atoms with Crippen molar-refractivity contribution in [3.05, 3.63) is 0 Å². The molecule has 0 aliphatic carbocycles. The second kappa shape index (κ2) is 5.59. The Balaban J connectivity index is 2.64. The van der Waals surface area contributed by atoms with E-state index in [-0.39, 0.29) is 11.4 Å². The Morgan fingerprint density at radius 1 is 1.28 bits per heavy atom. The van der Waals surface area contributed by atoms with Gasteiger partial charge in [-0.05, 0) is 31.6 Å². The lowest BCUT2D eigenvalue weighted by Gasteiger charge is -2.30. The number of carboxylic acids is 1. The van der Waals surface area contributed by atoms with Gasteiger partial charge in [0.1, 0.15) is 6.04 Å². The highest BCUT2D eigenvalue weighted by Crippen LogP contribution is 2.30. The summed E-state index contributed by atoms with van der Waals surface area (Å²) in [5.74, 6) is -0.971. The molecular weight excluding hydrogens is 232 g/mol. The molecule has 5 nitrogen and oxygen atoms in total. The molecule has 0 spiro atoms. The number of amides is 2. The van der Waals surface area contributed by atoms with Gasteiger partial charge >= 0.3 is 12.0 Å². The zero-order valence-corrected chi connectivity index (χ0v) is 11.8. The van der Waals surface area contributed by atoms with E-state index in [0.29, 0.717) is 6.54 Å². The Labute approximate surface area is 109 Å². The molecule has 1 unspecified atom stereocenters. The van der Waals surface area contributed by atoms with Crippen LogP contribution in [0.15, 0.2) is 0 Å². The number of carbonyl (C=O) groups is 2. The van der Waals surface area contributed by atoms with Crippen LogP contribution in [0, 0.1) is 5.41 Å². The first-order valence-corrected chi connectivity index (χ1v) is 6.49. The van der Waals surface area contributed by atoms with E-state index in [0.717, 1.165) is 25.8 Å². The molecule has 18 heavy (non-hydrogen) atoms. The summed E-state index contributed by atoms with van der Waals surface area (Å²) >= 11 is 0. The Morgan fingerprint density at radius 2 is 1.89 bits per heavy atom. The summed E-state index contributed by atoms with van der Waals surface area (Å²) in [6.45, 7) is 7.39.